The Morgan fingerprint density at radius 2 is 1.86 bits per heavy atom. The molecule has 0 heterocycles. The molecule has 1 aliphatic rings. The first-order valence-electron chi connectivity index (χ1n) is 9.99. The molecule has 1 aromatic carbocycles. The SMILES string of the molecule is CN=C(NCc1ccc(NCCOC)cc1)NCC1(C(=O)N(C)C)CCCC1. The van der Waals surface area contributed by atoms with Crippen LogP contribution in [0.4, 0.5) is 5.69 Å². The first-order valence-corrected chi connectivity index (χ1v) is 9.99. The maximum Gasteiger partial charge on any atom is 0.230 e. The van der Waals surface area contributed by atoms with Gasteiger partial charge in [-0.1, -0.05) is 25.0 Å². The van der Waals surface area contributed by atoms with E-state index in [0.717, 1.165) is 43.9 Å². The first-order chi connectivity index (χ1) is 13.5. The normalized spacial score (nSPS) is 15.9. The average molecular weight is 390 g/mol. The molecule has 1 fully saturated rings. The number of carbonyl (C=O) groups is 1. The second-order valence-electron chi connectivity index (χ2n) is 7.58. The number of hydrogen-bond acceptors (Lipinski definition) is 4. The van der Waals surface area contributed by atoms with Crippen molar-refractivity contribution in [2.45, 2.75) is 32.2 Å². The van der Waals surface area contributed by atoms with Gasteiger partial charge in [0.2, 0.25) is 5.91 Å². The number of carbonyl (C=O) groups excluding carboxylic acids is 1. The zero-order chi connectivity index (χ0) is 20.4. The standard InChI is InChI=1S/C21H35N5O2/c1-22-20(25-16-21(11-5-6-12-21)19(27)26(2)3)24-15-17-7-9-18(10-8-17)23-13-14-28-4/h7-10,23H,5-6,11-16H2,1-4H3,(H2,22,24,25). The van der Waals surface area contributed by atoms with Gasteiger partial charge in [0.05, 0.1) is 12.0 Å². The van der Waals surface area contributed by atoms with Gasteiger partial charge >= 0.3 is 0 Å². The van der Waals surface area contributed by atoms with E-state index in [9.17, 15) is 4.79 Å². The van der Waals surface area contributed by atoms with Crippen molar-refractivity contribution in [2.75, 3.05) is 53.3 Å². The second kappa shape index (κ2) is 10.9. The van der Waals surface area contributed by atoms with E-state index in [1.54, 1.807) is 19.1 Å². The molecule has 7 heteroatoms. The summed E-state index contributed by atoms with van der Waals surface area (Å²) in [5.41, 5.74) is 1.94. The number of rotatable bonds is 9. The van der Waals surface area contributed by atoms with Crippen LogP contribution in [0.1, 0.15) is 31.2 Å². The van der Waals surface area contributed by atoms with Crippen LogP contribution in [-0.4, -0.2) is 64.7 Å². The van der Waals surface area contributed by atoms with Crippen molar-refractivity contribution < 1.29 is 9.53 Å². The van der Waals surface area contributed by atoms with Crippen LogP contribution in [0.3, 0.4) is 0 Å². The molecule has 0 radical (unpaired) electrons. The van der Waals surface area contributed by atoms with Crippen molar-refractivity contribution in [1.29, 1.82) is 0 Å². The maximum atomic E-state index is 12.7. The number of hydrogen-bond donors (Lipinski definition) is 3. The van der Waals surface area contributed by atoms with Crippen LogP contribution in [-0.2, 0) is 16.1 Å². The van der Waals surface area contributed by atoms with E-state index in [1.807, 2.05) is 14.1 Å². The predicted molar refractivity (Wildman–Crippen MR) is 115 cm³/mol. The van der Waals surface area contributed by atoms with Gasteiger partial charge in [0.15, 0.2) is 5.96 Å². The molecule has 1 amide bonds. The zero-order valence-corrected chi connectivity index (χ0v) is 17.7. The van der Waals surface area contributed by atoms with Crippen LogP contribution < -0.4 is 16.0 Å². The van der Waals surface area contributed by atoms with Crippen molar-refractivity contribution in [3.63, 3.8) is 0 Å². The molecule has 7 nitrogen and oxygen atoms in total. The van der Waals surface area contributed by atoms with Crippen molar-refractivity contribution >= 4 is 17.6 Å². The Morgan fingerprint density at radius 3 is 2.43 bits per heavy atom. The summed E-state index contributed by atoms with van der Waals surface area (Å²) in [6, 6.07) is 8.30. The van der Waals surface area contributed by atoms with Gasteiger partial charge in [-0.2, -0.15) is 0 Å². The number of nitrogens with zero attached hydrogens (tertiary/aromatic N) is 2. The van der Waals surface area contributed by atoms with Gasteiger partial charge < -0.3 is 25.6 Å². The van der Waals surface area contributed by atoms with Crippen molar-refractivity contribution in [3.05, 3.63) is 29.8 Å². The lowest BCUT2D eigenvalue weighted by Crippen LogP contribution is -2.49. The lowest BCUT2D eigenvalue weighted by atomic mass is 9.84. The number of anilines is 1. The summed E-state index contributed by atoms with van der Waals surface area (Å²) in [5, 5.41) is 10.0. The summed E-state index contributed by atoms with van der Waals surface area (Å²) in [7, 11) is 7.13. The molecule has 1 aromatic rings. The molecule has 0 bridgehead atoms. The molecule has 1 aliphatic carbocycles. The zero-order valence-electron chi connectivity index (χ0n) is 17.7. The summed E-state index contributed by atoms with van der Waals surface area (Å²) in [4.78, 5) is 18.7. The quantitative estimate of drug-likeness (QED) is 0.342. The number of aliphatic imine (C=N–C) groups is 1. The summed E-state index contributed by atoms with van der Waals surface area (Å²) in [5.74, 6) is 0.935. The molecule has 0 spiro atoms. The molecular weight excluding hydrogens is 354 g/mol. The largest absolute Gasteiger partial charge is 0.383 e. The maximum absolute atomic E-state index is 12.7. The number of benzene rings is 1. The summed E-state index contributed by atoms with van der Waals surface area (Å²) in [6.45, 7) is 2.76. The highest BCUT2D eigenvalue weighted by atomic mass is 16.5. The van der Waals surface area contributed by atoms with Crippen LogP contribution in [0, 0.1) is 5.41 Å². The fraction of sp³-hybridized carbons (Fsp3) is 0.619. The monoisotopic (exact) mass is 389 g/mol. The lowest BCUT2D eigenvalue weighted by molar-refractivity contribution is -0.138. The molecule has 0 saturated heterocycles. The minimum atomic E-state index is -0.309. The van der Waals surface area contributed by atoms with Crippen molar-refractivity contribution in [1.82, 2.24) is 15.5 Å². The highest BCUT2D eigenvalue weighted by molar-refractivity contribution is 5.85. The molecule has 3 N–H and O–H groups in total. The predicted octanol–water partition coefficient (Wildman–Crippen LogP) is 2.06. The molecule has 2 rings (SSSR count). The lowest BCUT2D eigenvalue weighted by Gasteiger charge is -2.31. The van der Waals surface area contributed by atoms with Gasteiger partial charge in [-0.3, -0.25) is 9.79 Å². The van der Waals surface area contributed by atoms with E-state index in [2.05, 4.69) is 45.2 Å². The van der Waals surface area contributed by atoms with E-state index in [1.165, 1.54) is 5.56 Å². The van der Waals surface area contributed by atoms with Crippen LogP contribution in [0.5, 0.6) is 0 Å². The van der Waals surface area contributed by atoms with Crippen LogP contribution >= 0.6 is 0 Å². The third-order valence-electron chi connectivity index (χ3n) is 5.29. The van der Waals surface area contributed by atoms with E-state index in [4.69, 9.17) is 4.74 Å². The molecule has 28 heavy (non-hydrogen) atoms. The highest BCUT2D eigenvalue weighted by Crippen LogP contribution is 2.38. The van der Waals surface area contributed by atoms with E-state index >= 15 is 0 Å². The summed E-state index contributed by atoms with van der Waals surface area (Å²) < 4.78 is 5.04. The number of nitrogens with one attached hydrogen (secondary N) is 3. The Kier molecular flexibility index (Phi) is 8.57. The molecular formula is C21H35N5O2. The van der Waals surface area contributed by atoms with Gasteiger partial charge in [-0.05, 0) is 30.5 Å². The van der Waals surface area contributed by atoms with E-state index < -0.39 is 0 Å². The minimum Gasteiger partial charge on any atom is -0.383 e. The number of ether oxygens (including phenoxy) is 1. The van der Waals surface area contributed by atoms with Crippen LogP contribution in [0.2, 0.25) is 0 Å². The topological polar surface area (TPSA) is 78.0 Å². The third-order valence-corrected chi connectivity index (χ3v) is 5.29. The molecule has 0 aliphatic heterocycles. The van der Waals surface area contributed by atoms with Gasteiger partial charge in [0.1, 0.15) is 0 Å². The number of methoxy groups -OCH3 is 1. The molecule has 0 atom stereocenters. The summed E-state index contributed by atoms with van der Waals surface area (Å²) >= 11 is 0. The second-order valence-corrected chi connectivity index (χ2v) is 7.58. The van der Waals surface area contributed by atoms with E-state index in [-0.39, 0.29) is 11.3 Å². The number of guanidine groups is 1. The highest BCUT2D eigenvalue weighted by Gasteiger charge is 2.42. The van der Waals surface area contributed by atoms with Gasteiger partial charge in [0, 0.05) is 53.6 Å². The smallest absolute Gasteiger partial charge is 0.230 e. The molecule has 1 saturated carbocycles. The fourth-order valence-electron chi connectivity index (χ4n) is 3.69. The summed E-state index contributed by atoms with van der Waals surface area (Å²) in [6.07, 6.45) is 4.09. The van der Waals surface area contributed by atoms with Gasteiger partial charge in [-0.15, -0.1) is 0 Å². The Balaban J connectivity index is 1.85. The Hall–Kier alpha value is -2.28. The minimum absolute atomic E-state index is 0.213. The molecule has 0 unspecified atom stereocenters. The fourth-order valence-corrected chi connectivity index (χ4v) is 3.69. The van der Waals surface area contributed by atoms with Crippen LogP contribution in [0.15, 0.2) is 29.3 Å². The van der Waals surface area contributed by atoms with Gasteiger partial charge in [-0.25, -0.2) is 0 Å². The number of amides is 1. The molecule has 156 valence electrons. The molecule has 0 aromatic heterocycles. The van der Waals surface area contributed by atoms with E-state index in [0.29, 0.717) is 19.7 Å². The Labute approximate surface area is 168 Å². The van der Waals surface area contributed by atoms with Gasteiger partial charge in [0.25, 0.3) is 0 Å². The third kappa shape index (κ3) is 6.12. The average Bonchev–Trinajstić information content (AvgIpc) is 3.18. The Bertz CT molecular complexity index is 637. The Morgan fingerprint density at radius 1 is 1.18 bits per heavy atom. The first kappa shape index (κ1) is 22.0. The van der Waals surface area contributed by atoms with Crippen molar-refractivity contribution in [3.8, 4) is 0 Å². The van der Waals surface area contributed by atoms with Crippen molar-refractivity contribution in [2.24, 2.45) is 10.4 Å². The van der Waals surface area contributed by atoms with Crippen LogP contribution in [0.25, 0.3) is 0 Å².